The lowest BCUT2D eigenvalue weighted by atomic mass is 10.1. The van der Waals surface area contributed by atoms with E-state index < -0.39 is 10.0 Å². The van der Waals surface area contributed by atoms with E-state index in [9.17, 15) is 13.2 Å². The molecule has 1 aromatic heterocycles. The SMILES string of the molecule is CCC(C)CNC(=O)c1cc(S(N)(=O)=O)cn1CC. The molecule has 1 atom stereocenters. The molecule has 1 amide bonds. The summed E-state index contributed by atoms with van der Waals surface area (Å²) in [6.07, 6.45) is 2.35. The number of nitrogens with two attached hydrogens (primary N) is 1. The number of rotatable bonds is 6. The topological polar surface area (TPSA) is 94.2 Å². The van der Waals surface area contributed by atoms with Crippen molar-refractivity contribution >= 4 is 15.9 Å². The van der Waals surface area contributed by atoms with Gasteiger partial charge in [0, 0.05) is 19.3 Å². The fraction of sp³-hybridized carbons (Fsp3) is 0.583. The molecule has 7 heteroatoms. The highest BCUT2D eigenvalue weighted by Gasteiger charge is 2.18. The molecular formula is C12H21N3O3S. The fourth-order valence-corrected chi connectivity index (χ4v) is 2.14. The first-order chi connectivity index (χ1) is 8.79. The van der Waals surface area contributed by atoms with Crippen molar-refractivity contribution in [2.45, 2.75) is 38.6 Å². The summed E-state index contributed by atoms with van der Waals surface area (Å²) in [5.41, 5.74) is 0.315. The van der Waals surface area contributed by atoms with E-state index in [4.69, 9.17) is 5.14 Å². The molecule has 0 aromatic carbocycles. The zero-order chi connectivity index (χ0) is 14.6. The predicted octanol–water partition coefficient (Wildman–Crippen LogP) is 0.931. The van der Waals surface area contributed by atoms with Gasteiger partial charge in [-0.3, -0.25) is 4.79 Å². The van der Waals surface area contributed by atoms with E-state index >= 15 is 0 Å². The highest BCUT2D eigenvalue weighted by atomic mass is 32.2. The molecule has 0 saturated heterocycles. The molecule has 0 spiro atoms. The minimum Gasteiger partial charge on any atom is -0.350 e. The third kappa shape index (κ3) is 4.07. The Morgan fingerprint density at radius 2 is 2.11 bits per heavy atom. The minimum absolute atomic E-state index is 0.0389. The van der Waals surface area contributed by atoms with Crippen molar-refractivity contribution in [1.82, 2.24) is 9.88 Å². The average Bonchev–Trinajstić information content (AvgIpc) is 2.79. The normalized spacial score (nSPS) is 13.3. The molecule has 0 bridgehead atoms. The van der Waals surface area contributed by atoms with Gasteiger partial charge in [-0.2, -0.15) is 0 Å². The van der Waals surface area contributed by atoms with Crippen LogP contribution in [0.15, 0.2) is 17.2 Å². The summed E-state index contributed by atoms with van der Waals surface area (Å²) in [6, 6.07) is 1.31. The largest absolute Gasteiger partial charge is 0.350 e. The van der Waals surface area contributed by atoms with E-state index in [0.717, 1.165) is 6.42 Å². The van der Waals surface area contributed by atoms with Gasteiger partial charge < -0.3 is 9.88 Å². The highest BCUT2D eigenvalue weighted by molar-refractivity contribution is 7.89. The van der Waals surface area contributed by atoms with Crippen LogP contribution in [0.5, 0.6) is 0 Å². The summed E-state index contributed by atoms with van der Waals surface area (Å²) in [5.74, 6) is 0.101. The van der Waals surface area contributed by atoms with Gasteiger partial charge in [-0.05, 0) is 18.9 Å². The zero-order valence-corrected chi connectivity index (χ0v) is 12.3. The maximum absolute atomic E-state index is 12.0. The number of carbonyl (C=O) groups is 1. The molecule has 3 N–H and O–H groups in total. The monoisotopic (exact) mass is 287 g/mol. The van der Waals surface area contributed by atoms with E-state index in [-0.39, 0.29) is 10.8 Å². The van der Waals surface area contributed by atoms with E-state index in [1.165, 1.54) is 12.3 Å². The Labute approximate surface area is 114 Å². The van der Waals surface area contributed by atoms with Crippen LogP contribution < -0.4 is 10.5 Å². The molecule has 0 radical (unpaired) electrons. The lowest BCUT2D eigenvalue weighted by molar-refractivity contribution is 0.0938. The van der Waals surface area contributed by atoms with E-state index in [1.54, 1.807) is 4.57 Å². The molecule has 1 aromatic rings. The standard InChI is InChI=1S/C12H21N3O3S/c1-4-9(3)7-14-12(16)11-6-10(19(13,17)18)8-15(11)5-2/h6,8-9H,4-5,7H2,1-3H3,(H,14,16)(H2,13,17,18). The van der Waals surface area contributed by atoms with Gasteiger partial charge >= 0.3 is 0 Å². The number of hydrogen-bond acceptors (Lipinski definition) is 3. The minimum atomic E-state index is -3.78. The number of amides is 1. The number of sulfonamides is 1. The number of aryl methyl sites for hydroxylation is 1. The van der Waals surface area contributed by atoms with Gasteiger partial charge in [-0.1, -0.05) is 20.3 Å². The van der Waals surface area contributed by atoms with Crippen molar-refractivity contribution < 1.29 is 13.2 Å². The Balaban J connectivity index is 2.93. The second kappa shape index (κ2) is 6.21. The van der Waals surface area contributed by atoms with Crippen molar-refractivity contribution in [3.05, 3.63) is 18.0 Å². The molecule has 6 nitrogen and oxygen atoms in total. The highest BCUT2D eigenvalue weighted by Crippen LogP contribution is 2.13. The number of nitrogens with one attached hydrogen (secondary N) is 1. The van der Waals surface area contributed by atoms with E-state index in [1.807, 2.05) is 20.8 Å². The van der Waals surface area contributed by atoms with Gasteiger partial charge in [0.05, 0.1) is 0 Å². The Morgan fingerprint density at radius 3 is 2.58 bits per heavy atom. The summed E-state index contributed by atoms with van der Waals surface area (Å²) >= 11 is 0. The van der Waals surface area contributed by atoms with Crippen LogP contribution in [0.25, 0.3) is 0 Å². The Bertz CT molecular complexity index is 549. The van der Waals surface area contributed by atoms with Gasteiger partial charge in [0.25, 0.3) is 5.91 Å². The van der Waals surface area contributed by atoms with E-state index in [0.29, 0.717) is 24.7 Å². The van der Waals surface area contributed by atoms with Crippen LogP contribution in [-0.4, -0.2) is 25.4 Å². The van der Waals surface area contributed by atoms with Crippen LogP contribution in [0.1, 0.15) is 37.7 Å². The maximum atomic E-state index is 12.0. The van der Waals surface area contributed by atoms with Crippen molar-refractivity contribution in [2.24, 2.45) is 11.1 Å². The van der Waals surface area contributed by atoms with Gasteiger partial charge in [-0.15, -0.1) is 0 Å². The van der Waals surface area contributed by atoms with Crippen molar-refractivity contribution in [3.8, 4) is 0 Å². The molecule has 19 heavy (non-hydrogen) atoms. The molecule has 0 saturated carbocycles. The van der Waals surface area contributed by atoms with Crippen LogP contribution in [0.4, 0.5) is 0 Å². The van der Waals surface area contributed by atoms with Crippen LogP contribution in [0.2, 0.25) is 0 Å². The van der Waals surface area contributed by atoms with Crippen LogP contribution in [0, 0.1) is 5.92 Å². The van der Waals surface area contributed by atoms with Crippen molar-refractivity contribution in [2.75, 3.05) is 6.54 Å². The lowest BCUT2D eigenvalue weighted by Gasteiger charge is -2.11. The second-order valence-corrected chi connectivity index (χ2v) is 6.18. The Kier molecular flexibility index (Phi) is 5.13. The summed E-state index contributed by atoms with van der Waals surface area (Å²) in [5, 5.41) is 7.86. The number of aromatic nitrogens is 1. The Hall–Kier alpha value is -1.34. The van der Waals surface area contributed by atoms with Gasteiger partial charge in [0.1, 0.15) is 10.6 Å². The fourth-order valence-electron chi connectivity index (χ4n) is 1.59. The first kappa shape index (κ1) is 15.7. The summed E-state index contributed by atoms with van der Waals surface area (Å²) in [6.45, 7) is 6.98. The molecule has 1 unspecified atom stereocenters. The molecule has 1 heterocycles. The third-order valence-electron chi connectivity index (χ3n) is 3.08. The molecule has 0 aliphatic rings. The van der Waals surface area contributed by atoms with Gasteiger partial charge in [0.15, 0.2) is 0 Å². The van der Waals surface area contributed by atoms with E-state index in [2.05, 4.69) is 5.32 Å². The van der Waals surface area contributed by atoms with Crippen LogP contribution in [-0.2, 0) is 16.6 Å². The maximum Gasteiger partial charge on any atom is 0.267 e. The molecule has 1 rings (SSSR count). The van der Waals surface area contributed by atoms with Gasteiger partial charge in [-0.25, -0.2) is 13.6 Å². The van der Waals surface area contributed by atoms with Crippen molar-refractivity contribution in [1.29, 1.82) is 0 Å². The number of hydrogen-bond donors (Lipinski definition) is 2. The average molecular weight is 287 g/mol. The first-order valence-electron chi connectivity index (χ1n) is 6.30. The first-order valence-corrected chi connectivity index (χ1v) is 7.85. The second-order valence-electron chi connectivity index (χ2n) is 4.62. The van der Waals surface area contributed by atoms with Crippen LogP contribution in [0.3, 0.4) is 0 Å². The smallest absolute Gasteiger partial charge is 0.267 e. The Morgan fingerprint density at radius 1 is 1.47 bits per heavy atom. The summed E-state index contributed by atoms with van der Waals surface area (Å²) in [4.78, 5) is 12.0. The molecular weight excluding hydrogens is 266 g/mol. The quantitative estimate of drug-likeness (QED) is 0.815. The number of primary sulfonamides is 1. The molecule has 108 valence electrons. The molecule has 0 aliphatic carbocycles. The summed E-state index contributed by atoms with van der Waals surface area (Å²) < 4.78 is 24.1. The summed E-state index contributed by atoms with van der Waals surface area (Å²) in [7, 11) is -3.78. The lowest BCUT2D eigenvalue weighted by Crippen LogP contribution is -2.29. The number of carbonyl (C=O) groups excluding carboxylic acids is 1. The predicted molar refractivity (Wildman–Crippen MR) is 73.3 cm³/mol. The third-order valence-corrected chi connectivity index (χ3v) is 3.96. The molecule has 0 fully saturated rings. The van der Waals surface area contributed by atoms with Crippen molar-refractivity contribution in [3.63, 3.8) is 0 Å². The molecule has 0 aliphatic heterocycles. The van der Waals surface area contributed by atoms with Gasteiger partial charge in [0.2, 0.25) is 10.0 Å². The van der Waals surface area contributed by atoms with Crippen LogP contribution >= 0.6 is 0 Å². The number of nitrogens with zero attached hydrogens (tertiary/aromatic N) is 1. The zero-order valence-electron chi connectivity index (χ0n) is 11.5.